The second kappa shape index (κ2) is 10.2. The zero-order chi connectivity index (χ0) is 22.5. The van der Waals surface area contributed by atoms with E-state index in [2.05, 4.69) is 15.1 Å². The van der Waals surface area contributed by atoms with Crippen LogP contribution in [-0.2, 0) is 9.59 Å². The van der Waals surface area contributed by atoms with Crippen molar-refractivity contribution in [1.82, 2.24) is 24.6 Å². The number of thioether (sulfide) groups is 1. The molecule has 2 amide bonds. The highest BCUT2D eigenvalue weighted by Crippen LogP contribution is 2.32. The summed E-state index contributed by atoms with van der Waals surface area (Å²) in [6.45, 7) is 5.76. The molecule has 0 saturated carbocycles. The second-order valence-corrected chi connectivity index (χ2v) is 8.96. The predicted molar refractivity (Wildman–Crippen MR) is 124 cm³/mol. The smallest absolute Gasteiger partial charge is 0.233 e. The number of rotatable bonds is 6. The monoisotopic (exact) mass is 458 g/mol. The molecular weight excluding hydrogens is 428 g/mol. The van der Waals surface area contributed by atoms with Crippen LogP contribution in [0.15, 0.2) is 29.4 Å². The number of carbonyl (C=O) groups is 2. The first kappa shape index (κ1) is 22.4. The molecule has 0 N–H and O–H groups in total. The van der Waals surface area contributed by atoms with Gasteiger partial charge in [0, 0.05) is 46.2 Å². The van der Waals surface area contributed by atoms with Crippen LogP contribution in [0.1, 0.15) is 26.2 Å². The molecule has 2 aliphatic rings. The molecular formula is C22H30N6O3S. The van der Waals surface area contributed by atoms with E-state index in [1.807, 2.05) is 33.7 Å². The van der Waals surface area contributed by atoms with Gasteiger partial charge in [0.15, 0.2) is 5.16 Å². The Morgan fingerprint density at radius 2 is 1.66 bits per heavy atom. The van der Waals surface area contributed by atoms with E-state index in [1.54, 1.807) is 18.9 Å². The number of piperidine rings is 1. The maximum Gasteiger partial charge on any atom is 0.233 e. The fraction of sp³-hybridized carbons (Fsp3) is 0.545. The Hall–Kier alpha value is -2.75. The Kier molecular flexibility index (Phi) is 7.19. The maximum absolute atomic E-state index is 12.8. The lowest BCUT2D eigenvalue weighted by Gasteiger charge is -2.34. The molecule has 0 atom stereocenters. The number of hydrogen-bond donors (Lipinski definition) is 0. The van der Waals surface area contributed by atoms with Crippen molar-refractivity contribution >= 4 is 29.5 Å². The highest BCUT2D eigenvalue weighted by Gasteiger charge is 2.26. The van der Waals surface area contributed by atoms with E-state index in [0.717, 1.165) is 43.3 Å². The minimum atomic E-state index is 0.0484. The largest absolute Gasteiger partial charge is 0.495 e. The minimum Gasteiger partial charge on any atom is -0.495 e. The van der Waals surface area contributed by atoms with Gasteiger partial charge in [0.05, 0.1) is 18.6 Å². The third-order valence-corrected chi connectivity index (χ3v) is 6.90. The molecule has 0 bridgehead atoms. The molecule has 172 valence electrons. The first-order valence-electron chi connectivity index (χ1n) is 11.1. The van der Waals surface area contributed by atoms with E-state index in [9.17, 15) is 9.59 Å². The van der Waals surface area contributed by atoms with Gasteiger partial charge in [-0.05, 0) is 31.4 Å². The fourth-order valence-corrected chi connectivity index (χ4v) is 5.01. The van der Waals surface area contributed by atoms with Gasteiger partial charge in [0.25, 0.3) is 0 Å². The van der Waals surface area contributed by atoms with E-state index in [4.69, 9.17) is 4.74 Å². The molecule has 10 heteroatoms. The zero-order valence-electron chi connectivity index (χ0n) is 18.7. The molecule has 32 heavy (non-hydrogen) atoms. The third-order valence-electron chi connectivity index (χ3n) is 5.98. The maximum atomic E-state index is 12.8. The molecule has 2 fully saturated rings. The quantitative estimate of drug-likeness (QED) is 0.613. The van der Waals surface area contributed by atoms with Crippen LogP contribution in [-0.4, -0.2) is 88.5 Å². The van der Waals surface area contributed by atoms with Gasteiger partial charge in [0.2, 0.25) is 17.8 Å². The average molecular weight is 459 g/mol. The average Bonchev–Trinajstić information content (AvgIpc) is 3.26. The van der Waals surface area contributed by atoms with Crippen LogP contribution in [0.2, 0.25) is 0 Å². The molecule has 0 aliphatic carbocycles. The van der Waals surface area contributed by atoms with Crippen molar-refractivity contribution in [2.75, 3.05) is 57.0 Å². The van der Waals surface area contributed by atoms with Gasteiger partial charge in [-0.2, -0.15) is 0 Å². The third kappa shape index (κ3) is 4.85. The van der Waals surface area contributed by atoms with Crippen molar-refractivity contribution in [3.8, 4) is 11.4 Å². The summed E-state index contributed by atoms with van der Waals surface area (Å²) < 4.78 is 7.61. The van der Waals surface area contributed by atoms with E-state index in [0.29, 0.717) is 31.3 Å². The van der Waals surface area contributed by atoms with Crippen LogP contribution >= 0.6 is 11.8 Å². The Morgan fingerprint density at radius 3 is 2.34 bits per heavy atom. The number of methoxy groups -OCH3 is 1. The Labute approximate surface area is 192 Å². The summed E-state index contributed by atoms with van der Waals surface area (Å²) in [6.07, 6.45) is 3.49. The number of para-hydroxylation sites is 2. The van der Waals surface area contributed by atoms with Crippen LogP contribution < -0.4 is 9.64 Å². The number of ether oxygens (including phenoxy) is 1. The number of piperazine rings is 1. The Bertz CT molecular complexity index is 951. The summed E-state index contributed by atoms with van der Waals surface area (Å²) in [6, 6.07) is 7.81. The first-order valence-corrected chi connectivity index (χ1v) is 12.1. The number of anilines is 1. The summed E-state index contributed by atoms with van der Waals surface area (Å²) in [5.41, 5.74) is 0.866. The summed E-state index contributed by atoms with van der Waals surface area (Å²) >= 11 is 1.39. The van der Waals surface area contributed by atoms with Crippen LogP contribution in [0.25, 0.3) is 5.69 Å². The molecule has 1 aromatic heterocycles. The van der Waals surface area contributed by atoms with Crippen LogP contribution in [0, 0.1) is 0 Å². The lowest BCUT2D eigenvalue weighted by Crippen LogP contribution is -2.50. The van der Waals surface area contributed by atoms with E-state index in [-0.39, 0.29) is 17.6 Å². The van der Waals surface area contributed by atoms with Crippen LogP contribution in [0.4, 0.5) is 5.95 Å². The van der Waals surface area contributed by atoms with Crippen molar-refractivity contribution in [1.29, 1.82) is 0 Å². The topological polar surface area (TPSA) is 83.8 Å². The van der Waals surface area contributed by atoms with Gasteiger partial charge in [0.1, 0.15) is 5.75 Å². The second-order valence-electron chi connectivity index (χ2n) is 8.01. The summed E-state index contributed by atoms with van der Waals surface area (Å²) in [5, 5.41) is 9.63. The number of carbonyl (C=O) groups excluding carboxylic acids is 2. The SMILES string of the molecule is COc1ccccc1-n1c(SCC(=O)N2CCN(C(C)=O)CC2)nnc1N1CCCCC1. The molecule has 1 aromatic carbocycles. The standard InChI is InChI=1S/C22H30N6O3S/c1-17(29)25-12-14-26(15-13-25)20(30)16-32-22-24-23-21(27-10-6-3-7-11-27)28(22)18-8-4-5-9-19(18)31-2/h4-5,8-9H,3,6-7,10-16H2,1-2H3. The zero-order valence-corrected chi connectivity index (χ0v) is 19.5. The number of aromatic nitrogens is 3. The number of amides is 2. The van der Waals surface area contributed by atoms with Crippen molar-refractivity contribution in [3.05, 3.63) is 24.3 Å². The number of benzene rings is 1. The predicted octanol–water partition coefficient (Wildman–Crippen LogP) is 2.05. The van der Waals surface area contributed by atoms with Gasteiger partial charge >= 0.3 is 0 Å². The van der Waals surface area contributed by atoms with E-state index < -0.39 is 0 Å². The van der Waals surface area contributed by atoms with Crippen LogP contribution in [0.3, 0.4) is 0 Å². The molecule has 2 saturated heterocycles. The summed E-state index contributed by atoms with van der Waals surface area (Å²) in [5.74, 6) is 1.90. The molecule has 2 aliphatic heterocycles. The fourth-order valence-electron chi connectivity index (χ4n) is 4.17. The molecule has 4 rings (SSSR count). The number of nitrogens with zero attached hydrogens (tertiary/aromatic N) is 6. The van der Waals surface area contributed by atoms with Crippen molar-refractivity contribution in [2.24, 2.45) is 0 Å². The highest BCUT2D eigenvalue weighted by molar-refractivity contribution is 7.99. The molecule has 9 nitrogen and oxygen atoms in total. The van der Waals surface area contributed by atoms with Gasteiger partial charge in [-0.1, -0.05) is 23.9 Å². The molecule has 0 radical (unpaired) electrons. The van der Waals surface area contributed by atoms with Gasteiger partial charge in [-0.25, -0.2) is 0 Å². The summed E-state index contributed by atoms with van der Waals surface area (Å²) in [7, 11) is 1.65. The van der Waals surface area contributed by atoms with Crippen molar-refractivity contribution < 1.29 is 14.3 Å². The molecule has 0 spiro atoms. The Balaban J connectivity index is 1.53. The van der Waals surface area contributed by atoms with E-state index in [1.165, 1.54) is 18.2 Å². The molecule has 3 heterocycles. The molecule has 0 unspecified atom stereocenters. The Morgan fingerprint density at radius 1 is 0.969 bits per heavy atom. The first-order chi connectivity index (χ1) is 15.6. The van der Waals surface area contributed by atoms with Crippen LogP contribution in [0.5, 0.6) is 5.75 Å². The van der Waals surface area contributed by atoms with Gasteiger partial charge in [-0.15, -0.1) is 10.2 Å². The van der Waals surface area contributed by atoms with Crippen molar-refractivity contribution in [3.63, 3.8) is 0 Å². The summed E-state index contributed by atoms with van der Waals surface area (Å²) in [4.78, 5) is 30.2. The highest BCUT2D eigenvalue weighted by atomic mass is 32.2. The lowest BCUT2D eigenvalue weighted by molar-refractivity contribution is -0.136. The lowest BCUT2D eigenvalue weighted by atomic mass is 10.1. The van der Waals surface area contributed by atoms with E-state index >= 15 is 0 Å². The number of hydrogen-bond acceptors (Lipinski definition) is 7. The van der Waals surface area contributed by atoms with Gasteiger partial charge in [-0.3, -0.25) is 14.2 Å². The molecule has 2 aromatic rings. The normalized spacial score (nSPS) is 16.9. The van der Waals surface area contributed by atoms with Gasteiger partial charge < -0.3 is 19.4 Å². The minimum absolute atomic E-state index is 0.0484. The van der Waals surface area contributed by atoms with Crippen molar-refractivity contribution in [2.45, 2.75) is 31.3 Å².